The highest BCUT2D eigenvalue weighted by Crippen LogP contribution is 2.18. The van der Waals surface area contributed by atoms with Gasteiger partial charge in [0, 0.05) is 56.7 Å². The van der Waals surface area contributed by atoms with Crippen LogP contribution in [-0.2, 0) is 16.0 Å². The van der Waals surface area contributed by atoms with Crippen molar-refractivity contribution in [2.24, 2.45) is 0 Å². The number of aromatic amines is 1. The average Bonchev–Trinajstić information content (AvgIpc) is 3.31. The third kappa shape index (κ3) is 5.00. The Kier molecular flexibility index (Phi) is 6.25. The maximum Gasteiger partial charge on any atom is 0.272 e. The summed E-state index contributed by atoms with van der Waals surface area (Å²) in [6.07, 6.45) is 3.66. The van der Waals surface area contributed by atoms with E-state index in [0.29, 0.717) is 43.3 Å². The van der Waals surface area contributed by atoms with Gasteiger partial charge in [-0.3, -0.25) is 24.5 Å². The number of piperazine rings is 1. The van der Waals surface area contributed by atoms with E-state index in [1.165, 1.54) is 6.92 Å². The zero-order valence-corrected chi connectivity index (χ0v) is 17.7. The van der Waals surface area contributed by atoms with Crippen molar-refractivity contribution in [3.8, 4) is 11.3 Å². The Labute approximate surface area is 185 Å². The predicted octanol–water partition coefficient (Wildman–Crippen LogP) is 1.96. The van der Waals surface area contributed by atoms with E-state index in [4.69, 9.17) is 0 Å². The highest BCUT2D eigenvalue weighted by molar-refractivity contribution is 5.93. The summed E-state index contributed by atoms with van der Waals surface area (Å²) in [4.78, 5) is 44.2. The van der Waals surface area contributed by atoms with Crippen molar-refractivity contribution in [2.75, 3.05) is 31.5 Å². The molecular weight excluding hydrogens is 408 g/mol. The summed E-state index contributed by atoms with van der Waals surface area (Å²) in [5.74, 6) is -0.247. The highest BCUT2D eigenvalue weighted by atomic mass is 16.2. The van der Waals surface area contributed by atoms with Gasteiger partial charge in [-0.2, -0.15) is 5.10 Å². The number of benzene rings is 1. The smallest absolute Gasteiger partial charge is 0.272 e. The maximum absolute atomic E-state index is 12.8. The van der Waals surface area contributed by atoms with Crippen molar-refractivity contribution in [3.05, 3.63) is 66.1 Å². The van der Waals surface area contributed by atoms with Gasteiger partial charge in [0.25, 0.3) is 5.91 Å². The van der Waals surface area contributed by atoms with Crippen LogP contribution in [0.25, 0.3) is 11.3 Å². The molecule has 9 heteroatoms. The van der Waals surface area contributed by atoms with Gasteiger partial charge in [0.05, 0.1) is 12.1 Å². The molecule has 32 heavy (non-hydrogen) atoms. The van der Waals surface area contributed by atoms with E-state index >= 15 is 0 Å². The molecule has 2 N–H and O–H groups in total. The summed E-state index contributed by atoms with van der Waals surface area (Å²) in [7, 11) is 0. The Morgan fingerprint density at radius 2 is 1.75 bits per heavy atom. The molecule has 2 aromatic heterocycles. The SMILES string of the molecule is CC(=O)Nc1ccc(CC(=O)N2CCN(C(=O)c3cc(-c4cccnc4)n[nH]3)CC2)cc1. The van der Waals surface area contributed by atoms with Crippen LogP contribution in [0.4, 0.5) is 5.69 Å². The van der Waals surface area contributed by atoms with Gasteiger partial charge in [0.2, 0.25) is 11.8 Å². The van der Waals surface area contributed by atoms with E-state index in [0.717, 1.165) is 11.1 Å². The second-order valence-electron chi connectivity index (χ2n) is 7.64. The van der Waals surface area contributed by atoms with Crippen LogP contribution in [0.1, 0.15) is 23.0 Å². The van der Waals surface area contributed by atoms with Crippen LogP contribution in [0.5, 0.6) is 0 Å². The Morgan fingerprint density at radius 3 is 2.41 bits per heavy atom. The minimum Gasteiger partial charge on any atom is -0.339 e. The molecule has 0 saturated carbocycles. The Hall–Kier alpha value is -4.01. The number of hydrogen-bond donors (Lipinski definition) is 2. The molecule has 0 unspecified atom stereocenters. The summed E-state index contributed by atoms with van der Waals surface area (Å²) in [5, 5.41) is 9.73. The zero-order chi connectivity index (χ0) is 22.5. The van der Waals surface area contributed by atoms with E-state index in [2.05, 4.69) is 20.5 Å². The molecule has 0 aliphatic carbocycles. The molecule has 1 fully saturated rings. The molecule has 164 valence electrons. The normalized spacial score (nSPS) is 13.7. The van der Waals surface area contributed by atoms with Crippen molar-refractivity contribution in [2.45, 2.75) is 13.3 Å². The van der Waals surface area contributed by atoms with Crippen molar-refractivity contribution < 1.29 is 14.4 Å². The fourth-order valence-electron chi connectivity index (χ4n) is 3.62. The summed E-state index contributed by atoms with van der Waals surface area (Å²) in [6.45, 7) is 3.35. The van der Waals surface area contributed by atoms with Gasteiger partial charge in [0.1, 0.15) is 5.69 Å². The third-order valence-corrected chi connectivity index (χ3v) is 5.31. The topological polar surface area (TPSA) is 111 Å². The number of aromatic nitrogens is 3. The third-order valence-electron chi connectivity index (χ3n) is 5.31. The minimum absolute atomic E-state index is 0.0183. The van der Waals surface area contributed by atoms with Gasteiger partial charge >= 0.3 is 0 Å². The molecule has 9 nitrogen and oxygen atoms in total. The van der Waals surface area contributed by atoms with Gasteiger partial charge in [-0.1, -0.05) is 12.1 Å². The van der Waals surface area contributed by atoms with Crippen molar-refractivity contribution >= 4 is 23.4 Å². The van der Waals surface area contributed by atoms with Gasteiger partial charge in [-0.05, 0) is 35.9 Å². The lowest BCUT2D eigenvalue weighted by molar-refractivity contribution is -0.131. The molecule has 1 aromatic carbocycles. The average molecular weight is 432 g/mol. The number of carbonyl (C=O) groups excluding carboxylic acids is 3. The van der Waals surface area contributed by atoms with Crippen LogP contribution in [0, 0.1) is 0 Å². The Morgan fingerprint density at radius 1 is 1.03 bits per heavy atom. The first-order valence-corrected chi connectivity index (χ1v) is 10.4. The van der Waals surface area contributed by atoms with Crippen LogP contribution in [0.3, 0.4) is 0 Å². The number of rotatable bonds is 5. The molecule has 0 radical (unpaired) electrons. The molecule has 0 spiro atoms. The van der Waals surface area contributed by atoms with E-state index in [9.17, 15) is 14.4 Å². The van der Waals surface area contributed by atoms with Crippen molar-refractivity contribution in [1.82, 2.24) is 25.0 Å². The molecule has 4 rings (SSSR count). The quantitative estimate of drug-likeness (QED) is 0.640. The molecule has 0 atom stereocenters. The lowest BCUT2D eigenvalue weighted by Crippen LogP contribution is -2.51. The van der Waals surface area contributed by atoms with Crippen LogP contribution < -0.4 is 5.32 Å². The van der Waals surface area contributed by atoms with Gasteiger partial charge in [-0.25, -0.2) is 0 Å². The Balaban J connectivity index is 1.30. The number of nitrogens with zero attached hydrogens (tertiary/aromatic N) is 4. The number of nitrogens with one attached hydrogen (secondary N) is 2. The Bertz CT molecular complexity index is 1100. The molecule has 3 heterocycles. The van der Waals surface area contributed by atoms with Gasteiger partial charge < -0.3 is 15.1 Å². The van der Waals surface area contributed by atoms with E-state index < -0.39 is 0 Å². The first-order chi connectivity index (χ1) is 15.5. The second kappa shape index (κ2) is 9.42. The molecule has 1 aliphatic heterocycles. The summed E-state index contributed by atoms with van der Waals surface area (Å²) in [6, 6.07) is 12.7. The number of pyridine rings is 1. The summed E-state index contributed by atoms with van der Waals surface area (Å²) >= 11 is 0. The lowest BCUT2D eigenvalue weighted by Gasteiger charge is -2.34. The number of carbonyl (C=O) groups is 3. The van der Waals surface area contributed by atoms with Crippen molar-refractivity contribution in [1.29, 1.82) is 0 Å². The van der Waals surface area contributed by atoms with Crippen LogP contribution >= 0.6 is 0 Å². The first kappa shape index (κ1) is 21.2. The van der Waals surface area contributed by atoms with E-state index in [1.807, 2.05) is 24.3 Å². The molecule has 1 saturated heterocycles. The number of anilines is 1. The maximum atomic E-state index is 12.8. The second-order valence-corrected chi connectivity index (χ2v) is 7.64. The summed E-state index contributed by atoms with van der Waals surface area (Å²) in [5.41, 5.74) is 3.50. The monoisotopic (exact) mass is 432 g/mol. The highest BCUT2D eigenvalue weighted by Gasteiger charge is 2.26. The standard InChI is InChI=1S/C23H24N6O3/c1-16(30)25-19-6-4-17(5-7-19)13-22(31)28-9-11-29(12-10-28)23(32)21-14-20(26-27-21)18-3-2-8-24-15-18/h2-8,14-15H,9-13H2,1H3,(H,25,30)(H,26,27). The molecule has 1 aliphatic rings. The minimum atomic E-state index is -0.135. The van der Waals surface area contributed by atoms with Crippen molar-refractivity contribution in [3.63, 3.8) is 0 Å². The first-order valence-electron chi connectivity index (χ1n) is 10.4. The lowest BCUT2D eigenvalue weighted by atomic mass is 10.1. The molecule has 3 amide bonds. The predicted molar refractivity (Wildman–Crippen MR) is 119 cm³/mol. The molecule has 0 bridgehead atoms. The van der Waals surface area contributed by atoms with E-state index in [-0.39, 0.29) is 24.1 Å². The largest absolute Gasteiger partial charge is 0.339 e. The van der Waals surface area contributed by atoms with Crippen LogP contribution in [0.15, 0.2) is 54.9 Å². The summed E-state index contributed by atoms with van der Waals surface area (Å²) < 4.78 is 0. The van der Waals surface area contributed by atoms with Gasteiger partial charge in [-0.15, -0.1) is 0 Å². The van der Waals surface area contributed by atoms with E-state index in [1.54, 1.807) is 40.4 Å². The molecule has 3 aromatic rings. The van der Waals surface area contributed by atoms with Gasteiger partial charge in [0.15, 0.2) is 0 Å². The number of hydrogen-bond acceptors (Lipinski definition) is 5. The molecular formula is C23H24N6O3. The fraction of sp³-hybridized carbons (Fsp3) is 0.261. The fourth-order valence-corrected chi connectivity index (χ4v) is 3.62. The zero-order valence-electron chi connectivity index (χ0n) is 17.7. The van der Waals surface area contributed by atoms with Crippen LogP contribution in [-0.4, -0.2) is 68.9 Å². The number of amides is 3. The number of H-pyrrole nitrogens is 1. The van der Waals surface area contributed by atoms with Crippen LogP contribution in [0.2, 0.25) is 0 Å².